The zero-order valence-electron chi connectivity index (χ0n) is 9.53. The highest BCUT2D eigenvalue weighted by Crippen LogP contribution is 2.22. The number of rotatable bonds is 3. The number of aromatic nitrogens is 2. The lowest BCUT2D eigenvalue weighted by Crippen LogP contribution is -2.03. The molecule has 4 nitrogen and oxygen atoms in total. The minimum Gasteiger partial charge on any atom is -0.334 e. The molecule has 0 amide bonds. The van der Waals surface area contributed by atoms with Crippen molar-refractivity contribution >= 4 is 0 Å². The minimum atomic E-state index is 0.534. The summed E-state index contributed by atoms with van der Waals surface area (Å²) in [6.45, 7) is 4.63. The molecule has 4 heteroatoms. The van der Waals surface area contributed by atoms with Gasteiger partial charge in [-0.3, -0.25) is 0 Å². The molecule has 0 atom stereocenters. The van der Waals surface area contributed by atoms with Crippen LogP contribution in [0.1, 0.15) is 17.0 Å². The highest BCUT2D eigenvalue weighted by Gasteiger charge is 2.10. The van der Waals surface area contributed by atoms with Crippen molar-refractivity contribution < 1.29 is 4.52 Å². The van der Waals surface area contributed by atoms with Gasteiger partial charge >= 0.3 is 0 Å². The van der Waals surface area contributed by atoms with Crippen LogP contribution in [0.5, 0.6) is 0 Å². The number of nitrogens with two attached hydrogens (primary N) is 1. The number of hydrogen-bond acceptors (Lipinski definition) is 4. The van der Waals surface area contributed by atoms with Crippen LogP contribution < -0.4 is 5.73 Å². The van der Waals surface area contributed by atoms with Crippen LogP contribution in [0.2, 0.25) is 0 Å². The summed E-state index contributed by atoms with van der Waals surface area (Å²) in [6, 6.07) is 6.14. The first-order valence-corrected chi connectivity index (χ1v) is 5.31. The second-order valence-corrected chi connectivity index (χ2v) is 3.87. The molecule has 1 aromatic carbocycles. The van der Waals surface area contributed by atoms with Crippen LogP contribution in [0.3, 0.4) is 0 Å². The van der Waals surface area contributed by atoms with E-state index in [1.54, 1.807) is 0 Å². The van der Waals surface area contributed by atoms with Crippen molar-refractivity contribution in [1.29, 1.82) is 0 Å². The summed E-state index contributed by atoms with van der Waals surface area (Å²) in [6.07, 6.45) is 0.647. The van der Waals surface area contributed by atoms with E-state index in [2.05, 4.69) is 23.1 Å². The molecule has 16 heavy (non-hydrogen) atoms. The summed E-state index contributed by atoms with van der Waals surface area (Å²) in [5, 5.41) is 3.88. The molecule has 84 valence electrons. The number of aryl methyl sites for hydroxylation is 2. The quantitative estimate of drug-likeness (QED) is 0.852. The Bertz CT molecular complexity index is 491. The molecular weight excluding hydrogens is 202 g/mol. The van der Waals surface area contributed by atoms with Crippen LogP contribution in [-0.4, -0.2) is 16.7 Å². The normalized spacial score (nSPS) is 10.7. The summed E-state index contributed by atoms with van der Waals surface area (Å²) in [7, 11) is 0. The third-order valence-electron chi connectivity index (χ3n) is 2.45. The summed E-state index contributed by atoms with van der Waals surface area (Å²) in [5.41, 5.74) is 8.79. The molecule has 0 aliphatic rings. The molecule has 0 saturated carbocycles. The van der Waals surface area contributed by atoms with Gasteiger partial charge in [0.1, 0.15) is 0 Å². The van der Waals surface area contributed by atoms with Crippen molar-refractivity contribution in [3.05, 3.63) is 35.2 Å². The molecule has 0 unspecified atom stereocenters. The van der Waals surface area contributed by atoms with Crippen molar-refractivity contribution in [2.24, 2.45) is 5.73 Å². The summed E-state index contributed by atoms with van der Waals surface area (Å²) in [4.78, 5) is 4.30. The first-order valence-electron chi connectivity index (χ1n) is 5.31. The Balaban J connectivity index is 2.35. The van der Waals surface area contributed by atoms with Crippen molar-refractivity contribution in [2.45, 2.75) is 20.3 Å². The molecule has 2 rings (SSSR count). The van der Waals surface area contributed by atoms with Crippen molar-refractivity contribution in [3.63, 3.8) is 0 Å². The van der Waals surface area contributed by atoms with E-state index in [-0.39, 0.29) is 0 Å². The molecule has 2 aromatic rings. The topological polar surface area (TPSA) is 64.9 Å². The molecular formula is C12H15N3O. The largest absolute Gasteiger partial charge is 0.334 e. The van der Waals surface area contributed by atoms with Crippen LogP contribution in [0.25, 0.3) is 11.5 Å². The average Bonchev–Trinajstić information content (AvgIpc) is 2.67. The first kappa shape index (κ1) is 10.8. The van der Waals surface area contributed by atoms with Gasteiger partial charge in [0, 0.05) is 12.0 Å². The summed E-state index contributed by atoms with van der Waals surface area (Å²) < 4.78 is 5.21. The van der Waals surface area contributed by atoms with Crippen LogP contribution in [0, 0.1) is 13.8 Å². The van der Waals surface area contributed by atoms with Crippen LogP contribution in [0.4, 0.5) is 0 Å². The van der Waals surface area contributed by atoms with Gasteiger partial charge in [-0.05, 0) is 32.0 Å². The van der Waals surface area contributed by atoms with E-state index in [9.17, 15) is 0 Å². The van der Waals surface area contributed by atoms with Crippen LogP contribution in [-0.2, 0) is 6.42 Å². The Hall–Kier alpha value is -1.68. The smallest absolute Gasteiger partial charge is 0.258 e. The summed E-state index contributed by atoms with van der Waals surface area (Å²) in [5.74, 6) is 1.23. The van der Waals surface area contributed by atoms with Gasteiger partial charge in [-0.2, -0.15) is 4.98 Å². The predicted octanol–water partition coefficient (Wildman–Crippen LogP) is 1.85. The third-order valence-corrected chi connectivity index (χ3v) is 2.45. The maximum Gasteiger partial charge on any atom is 0.258 e. The lowest BCUT2D eigenvalue weighted by atomic mass is 10.1. The zero-order valence-corrected chi connectivity index (χ0v) is 9.53. The van der Waals surface area contributed by atoms with Crippen LogP contribution >= 0.6 is 0 Å². The first-order chi connectivity index (χ1) is 7.70. The molecule has 0 spiro atoms. The SMILES string of the molecule is Cc1ccc(-c2nc(CCN)no2)c(C)c1. The Kier molecular flexibility index (Phi) is 3.01. The maximum absolute atomic E-state index is 5.44. The van der Waals surface area contributed by atoms with Crippen molar-refractivity contribution in [1.82, 2.24) is 10.1 Å². The van der Waals surface area contributed by atoms with Gasteiger partial charge in [-0.15, -0.1) is 0 Å². The molecule has 0 aliphatic heterocycles. The number of hydrogen-bond donors (Lipinski definition) is 1. The maximum atomic E-state index is 5.44. The van der Waals surface area contributed by atoms with Gasteiger partial charge in [0.2, 0.25) is 0 Å². The van der Waals surface area contributed by atoms with Crippen molar-refractivity contribution in [3.8, 4) is 11.5 Å². The molecule has 0 radical (unpaired) electrons. The van der Waals surface area contributed by atoms with E-state index in [4.69, 9.17) is 10.3 Å². The van der Waals surface area contributed by atoms with Crippen molar-refractivity contribution in [2.75, 3.05) is 6.54 Å². The van der Waals surface area contributed by atoms with E-state index >= 15 is 0 Å². The number of nitrogens with zero attached hydrogens (tertiary/aromatic N) is 2. The fourth-order valence-electron chi connectivity index (χ4n) is 1.65. The fraction of sp³-hybridized carbons (Fsp3) is 0.333. The molecule has 0 fully saturated rings. The molecule has 0 aliphatic carbocycles. The minimum absolute atomic E-state index is 0.534. The van der Waals surface area contributed by atoms with Gasteiger partial charge in [0.25, 0.3) is 5.89 Å². The lowest BCUT2D eigenvalue weighted by molar-refractivity contribution is 0.422. The lowest BCUT2D eigenvalue weighted by Gasteiger charge is -2.01. The average molecular weight is 217 g/mol. The highest BCUT2D eigenvalue weighted by atomic mass is 16.5. The Morgan fingerprint density at radius 1 is 1.31 bits per heavy atom. The van der Waals surface area contributed by atoms with E-state index in [0.717, 1.165) is 11.1 Å². The standard InChI is InChI=1S/C12H15N3O/c1-8-3-4-10(9(2)7-8)12-14-11(5-6-13)15-16-12/h3-4,7H,5-6,13H2,1-2H3. The van der Waals surface area contributed by atoms with Crippen LogP contribution in [0.15, 0.2) is 22.7 Å². The second-order valence-electron chi connectivity index (χ2n) is 3.87. The Labute approximate surface area is 94.5 Å². The van der Waals surface area contributed by atoms with Gasteiger partial charge in [0.15, 0.2) is 5.82 Å². The molecule has 1 heterocycles. The summed E-state index contributed by atoms with van der Waals surface area (Å²) >= 11 is 0. The van der Waals surface area contributed by atoms with Gasteiger partial charge in [0.05, 0.1) is 0 Å². The molecule has 1 aromatic heterocycles. The Morgan fingerprint density at radius 3 is 2.81 bits per heavy atom. The molecule has 0 saturated heterocycles. The predicted molar refractivity (Wildman–Crippen MR) is 62.0 cm³/mol. The van der Waals surface area contributed by atoms with E-state index in [1.807, 2.05) is 19.1 Å². The molecule has 2 N–H and O–H groups in total. The third kappa shape index (κ3) is 2.12. The second kappa shape index (κ2) is 4.45. The molecule has 0 bridgehead atoms. The van der Waals surface area contributed by atoms with E-state index in [1.165, 1.54) is 5.56 Å². The number of benzene rings is 1. The van der Waals surface area contributed by atoms with Gasteiger partial charge in [-0.1, -0.05) is 22.9 Å². The highest BCUT2D eigenvalue weighted by molar-refractivity contribution is 5.58. The van der Waals surface area contributed by atoms with Gasteiger partial charge in [-0.25, -0.2) is 0 Å². The Morgan fingerprint density at radius 2 is 2.12 bits per heavy atom. The zero-order chi connectivity index (χ0) is 11.5. The van der Waals surface area contributed by atoms with E-state index < -0.39 is 0 Å². The van der Waals surface area contributed by atoms with Gasteiger partial charge < -0.3 is 10.3 Å². The monoisotopic (exact) mass is 217 g/mol. The van der Waals surface area contributed by atoms with E-state index in [0.29, 0.717) is 24.7 Å². The fourth-order valence-corrected chi connectivity index (χ4v) is 1.65.